The first kappa shape index (κ1) is 21.3. The fraction of sp³-hybridized carbons (Fsp3) is 0.192. The van der Waals surface area contributed by atoms with Crippen LogP contribution in [0.15, 0.2) is 72.8 Å². The van der Waals surface area contributed by atoms with Gasteiger partial charge in [0.05, 0.1) is 0 Å². The van der Waals surface area contributed by atoms with Gasteiger partial charge in [0.2, 0.25) is 0 Å². The summed E-state index contributed by atoms with van der Waals surface area (Å²) in [5.41, 5.74) is 1.54. The van der Waals surface area contributed by atoms with E-state index in [9.17, 15) is 9.18 Å². The summed E-state index contributed by atoms with van der Waals surface area (Å²) in [4.78, 5) is 17.0. The van der Waals surface area contributed by atoms with Crippen LogP contribution in [-0.2, 0) is 0 Å². The second kappa shape index (κ2) is 8.79. The highest BCUT2D eigenvalue weighted by atomic mass is 35.5. The van der Waals surface area contributed by atoms with Crippen molar-refractivity contribution in [2.45, 2.75) is 13.0 Å². The van der Waals surface area contributed by atoms with E-state index < -0.39 is 5.82 Å². The van der Waals surface area contributed by atoms with Gasteiger partial charge in [-0.1, -0.05) is 54.1 Å². The van der Waals surface area contributed by atoms with Crippen LogP contribution in [0.1, 0.15) is 17.3 Å². The third-order valence-electron chi connectivity index (χ3n) is 6.06. The number of amides is 1. The van der Waals surface area contributed by atoms with Crippen molar-refractivity contribution in [1.29, 1.82) is 0 Å². The number of aromatic nitrogens is 2. The van der Waals surface area contributed by atoms with E-state index in [0.29, 0.717) is 41.5 Å². The van der Waals surface area contributed by atoms with Crippen LogP contribution in [0.25, 0.3) is 22.0 Å². The maximum Gasteiger partial charge on any atom is 0.254 e. The van der Waals surface area contributed by atoms with Gasteiger partial charge in [-0.25, -0.2) is 4.39 Å². The van der Waals surface area contributed by atoms with Crippen LogP contribution >= 0.6 is 11.6 Å². The lowest BCUT2D eigenvalue weighted by atomic mass is 10.0. The molecule has 1 fully saturated rings. The standard InChI is InChI=1S/C26H22ClFN4O/c1-17-16-31(13-14-32(17)26(33)18-7-3-2-4-8-18)25-21-10-6-5-9-20(21)24(29-30-25)22-12-11-19(27)15-23(22)28/h2-12,15,17H,13-14,16H2,1H3. The summed E-state index contributed by atoms with van der Waals surface area (Å²) in [6.07, 6.45) is 0. The second-order valence-corrected chi connectivity index (χ2v) is 8.64. The minimum Gasteiger partial charge on any atom is -0.351 e. The number of benzene rings is 3. The molecule has 5 rings (SSSR count). The lowest BCUT2D eigenvalue weighted by Gasteiger charge is -2.40. The van der Waals surface area contributed by atoms with Crippen molar-refractivity contribution in [3.8, 4) is 11.3 Å². The van der Waals surface area contributed by atoms with E-state index in [2.05, 4.69) is 15.1 Å². The number of fused-ring (bicyclic) bond motifs is 1. The lowest BCUT2D eigenvalue weighted by molar-refractivity contribution is 0.0674. The molecule has 1 unspecified atom stereocenters. The first-order valence-corrected chi connectivity index (χ1v) is 11.2. The monoisotopic (exact) mass is 460 g/mol. The molecule has 1 aliphatic heterocycles. The topological polar surface area (TPSA) is 49.3 Å². The SMILES string of the molecule is CC1CN(c2nnc(-c3ccc(Cl)cc3F)c3ccccc23)CCN1C(=O)c1ccccc1. The molecular weight excluding hydrogens is 439 g/mol. The molecule has 166 valence electrons. The fourth-order valence-corrected chi connectivity index (χ4v) is 4.56. The summed E-state index contributed by atoms with van der Waals surface area (Å²) in [7, 11) is 0. The molecule has 0 saturated carbocycles. The Bertz CT molecular complexity index is 1330. The van der Waals surface area contributed by atoms with Gasteiger partial charge in [-0.15, -0.1) is 10.2 Å². The maximum atomic E-state index is 14.6. The van der Waals surface area contributed by atoms with Crippen molar-refractivity contribution in [1.82, 2.24) is 15.1 Å². The minimum atomic E-state index is -0.434. The molecule has 33 heavy (non-hydrogen) atoms. The van der Waals surface area contributed by atoms with Crippen molar-refractivity contribution in [2.24, 2.45) is 0 Å². The molecule has 7 heteroatoms. The third-order valence-corrected chi connectivity index (χ3v) is 6.30. The van der Waals surface area contributed by atoms with Gasteiger partial charge in [0.25, 0.3) is 5.91 Å². The maximum absolute atomic E-state index is 14.6. The molecule has 0 aliphatic carbocycles. The van der Waals surface area contributed by atoms with Crippen molar-refractivity contribution < 1.29 is 9.18 Å². The summed E-state index contributed by atoms with van der Waals surface area (Å²) >= 11 is 5.93. The average molecular weight is 461 g/mol. The highest BCUT2D eigenvalue weighted by Gasteiger charge is 2.30. The molecule has 0 radical (unpaired) electrons. The van der Waals surface area contributed by atoms with Crippen molar-refractivity contribution >= 4 is 34.1 Å². The predicted octanol–water partition coefficient (Wildman–Crippen LogP) is 5.44. The van der Waals surface area contributed by atoms with Crippen LogP contribution in [0, 0.1) is 5.82 Å². The van der Waals surface area contributed by atoms with Gasteiger partial charge in [-0.3, -0.25) is 4.79 Å². The van der Waals surface area contributed by atoms with Crippen LogP contribution in [0.4, 0.5) is 10.2 Å². The number of rotatable bonds is 3. The fourth-order valence-electron chi connectivity index (χ4n) is 4.40. The molecule has 1 amide bonds. The van der Waals surface area contributed by atoms with Crippen LogP contribution in [0.3, 0.4) is 0 Å². The van der Waals surface area contributed by atoms with Crippen molar-refractivity contribution in [3.63, 3.8) is 0 Å². The first-order valence-electron chi connectivity index (χ1n) is 10.8. The number of nitrogens with zero attached hydrogens (tertiary/aromatic N) is 4. The number of piperazine rings is 1. The van der Waals surface area contributed by atoms with Gasteiger partial charge in [0.1, 0.15) is 11.5 Å². The minimum absolute atomic E-state index is 0.000375. The zero-order valence-corrected chi connectivity index (χ0v) is 18.8. The van der Waals surface area contributed by atoms with Gasteiger partial charge in [0, 0.05) is 52.6 Å². The molecule has 3 aromatic carbocycles. The Morgan fingerprint density at radius 3 is 2.42 bits per heavy atom. The summed E-state index contributed by atoms with van der Waals surface area (Å²) in [5, 5.41) is 11.0. The molecule has 0 spiro atoms. The highest BCUT2D eigenvalue weighted by molar-refractivity contribution is 6.30. The average Bonchev–Trinajstić information content (AvgIpc) is 2.84. The Morgan fingerprint density at radius 1 is 0.970 bits per heavy atom. The van der Waals surface area contributed by atoms with Crippen LogP contribution in [-0.4, -0.2) is 46.7 Å². The number of carbonyl (C=O) groups is 1. The molecule has 1 atom stereocenters. The summed E-state index contributed by atoms with van der Waals surface area (Å²) in [5.74, 6) is 0.339. The summed E-state index contributed by atoms with van der Waals surface area (Å²) in [6, 6.07) is 21.6. The van der Waals surface area contributed by atoms with E-state index in [1.807, 2.05) is 66.4 Å². The quantitative estimate of drug-likeness (QED) is 0.408. The Balaban J connectivity index is 1.46. The smallest absolute Gasteiger partial charge is 0.254 e. The lowest BCUT2D eigenvalue weighted by Crippen LogP contribution is -2.54. The molecule has 1 aliphatic rings. The molecule has 5 nitrogen and oxygen atoms in total. The number of anilines is 1. The summed E-state index contributed by atoms with van der Waals surface area (Å²) in [6.45, 7) is 3.89. The van der Waals surface area contributed by atoms with E-state index in [1.165, 1.54) is 6.07 Å². The molecule has 4 aromatic rings. The Labute approximate surface area is 196 Å². The van der Waals surface area contributed by atoms with E-state index in [-0.39, 0.29) is 11.9 Å². The Kier molecular flexibility index (Phi) is 5.68. The zero-order valence-electron chi connectivity index (χ0n) is 18.1. The third kappa shape index (κ3) is 4.02. The molecule has 1 aromatic heterocycles. The molecular formula is C26H22ClFN4O. The van der Waals surface area contributed by atoms with Gasteiger partial charge in [0.15, 0.2) is 5.82 Å². The normalized spacial score (nSPS) is 16.3. The van der Waals surface area contributed by atoms with E-state index in [0.717, 1.165) is 16.6 Å². The van der Waals surface area contributed by atoms with E-state index in [4.69, 9.17) is 11.6 Å². The van der Waals surface area contributed by atoms with E-state index in [1.54, 1.807) is 12.1 Å². The highest BCUT2D eigenvalue weighted by Crippen LogP contribution is 2.34. The van der Waals surface area contributed by atoms with Gasteiger partial charge < -0.3 is 9.80 Å². The molecule has 2 heterocycles. The Morgan fingerprint density at radius 2 is 1.70 bits per heavy atom. The van der Waals surface area contributed by atoms with Gasteiger partial charge in [-0.2, -0.15) is 0 Å². The zero-order chi connectivity index (χ0) is 22.9. The number of halogens is 2. The van der Waals surface area contributed by atoms with Gasteiger partial charge >= 0.3 is 0 Å². The number of carbonyl (C=O) groups excluding carboxylic acids is 1. The number of hydrogen-bond acceptors (Lipinski definition) is 4. The van der Waals surface area contributed by atoms with Crippen LogP contribution in [0.2, 0.25) is 5.02 Å². The predicted molar refractivity (Wildman–Crippen MR) is 129 cm³/mol. The van der Waals surface area contributed by atoms with Crippen molar-refractivity contribution in [2.75, 3.05) is 24.5 Å². The van der Waals surface area contributed by atoms with E-state index >= 15 is 0 Å². The van der Waals surface area contributed by atoms with Crippen LogP contribution in [0.5, 0.6) is 0 Å². The number of hydrogen-bond donors (Lipinski definition) is 0. The van der Waals surface area contributed by atoms with Crippen molar-refractivity contribution in [3.05, 3.63) is 89.2 Å². The van der Waals surface area contributed by atoms with Crippen LogP contribution < -0.4 is 4.90 Å². The summed E-state index contributed by atoms with van der Waals surface area (Å²) < 4.78 is 14.6. The molecule has 0 N–H and O–H groups in total. The van der Waals surface area contributed by atoms with Gasteiger partial charge in [-0.05, 0) is 37.3 Å². The Hall–Kier alpha value is -3.51. The second-order valence-electron chi connectivity index (χ2n) is 8.20. The molecule has 0 bridgehead atoms. The molecule has 1 saturated heterocycles. The first-order chi connectivity index (χ1) is 16.0. The largest absolute Gasteiger partial charge is 0.351 e.